The molecule has 0 unspecified atom stereocenters. The number of carbonyl (C=O) groups is 1. The molecule has 1 amide bonds. The Bertz CT molecular complexity index is 325. The predicted molar refractivity (Wildman–Crippen MR) is 59.7 cm³/mol. The maximum atomic E-state index is 11.5. The van der Waals surface area contributed by atoms with Crippen molar-refractivity contribution in [2.45, 2.75) is 26.3 Å². The lowest BCUT2D eigenvalue weighted by molar-refractivity contribution is 0.0950. The van der Waals surface area contributed by atoms with Crippen molar-refractivity contribution in [1.29, 1.82) is 0 Å². The van der Waals surface area contributed by atoms with Gasteiger partial charge in [0.15, 0.2) is 0 Å². The van der Waals surface area contributed by atoms with Crippen LogP contribution in [0.4, 0.5) is 0 Å². The third kappa shape index (κ3) is 3.47. The van der Waals surface area contributed by atoms with E-state index in [0.717, 1.165) is 9.75 Å². The Morgan fingerprint density at radius 1 is 1.57 bits per heavy atom. The van der Waals surface area contributed by atoms with Crippen LogP contribution < -0.4 is 11.1 Å². The smallest absolute Gasteiger partial charge is 0.261 e. The molecule has 1 rings (SSSR count). The summed E-state index contributed by atoms with van der Waals surface area (Å²) in [5, 5.41) is 2.80. The number of nitrogens with one attached hydrogen (secondary N) is 1. The summed E-state index contributed by atoms with van der Waals surface area (Å²) in [4.78, 5) is 13.4. The zero-order valence-corrected chi connectivity index (χ0v) is 9.57. The first-order chi connectivity index (χ1) is 6.38. The number of aryl methyl sites for hydroxylation is 1. The van der Waals surface area contributed by atoms with Crippen molar-refractivity contribution < 1.29 is 4.79 Å². The molecular weight excluding hydrogens is 196 g/mol. The van der Waals surface area contributed by atoms with Crippen molar-refractivity contribution >= 4 is 17.2 Å². The number of amides is 1. The first kappa shape index (κ1) is 11.2. The van der Waals surface area contributed by atoms with Gasteiger partial charge in [-0.2, -0.15) is 0 Å². The van der Waals surface area contributed by atoms with E-state index in [9.17, 15) is 4.79 Å². The lowest BCUT2D eigenvalue weighted by Gasteiger charge is -2.18. The van der Waals surface area contributed by atoms with Gasteiger partial charge >= 0.3 is 0 Å². The van der Waals surface area contributed by atoms with Gasteiger partial charge in [0.25, 0.3) is 5.91 Å². The van der Waals surface area contributed by atoms with Crippen LogP contribution in [0.15, 0.2) is 12.1 Å². The van der Waals surface area contributed by atoms with Crippen LogP contribution in [0.3, 0.4) is 0 Å². The van der Waals surface area contributed by atoms with Gasteiger partial charge in [0.05, 0.1) is 4.88 Å². The molecule has 1 heterocycles. The van der Waals surface area contributed by atoms with Gasteiger partial charge in [0.1, 0.15) is 0 Å². The fraction of sp³-hybridized carbons (Fsp3) is 0.500. The van der Waals surface area contributed by atoms with Crippen LogP contribution in [0.2, 0.25) is 0 Å². The molecule has 0 spiro atoms. The summed E-state index contributed by atoms with van der Waals surface area (Å²) in [6.07, 6.45) is 0. The predicted octanol–water partition coefficient (Wildman–Crippen LogP) is 1.52. The average Bonchev–Trinajstić information content (AvgIpc) is 2.46. The number of rotatable bonds is 3. The minimum atomic E-state index is -0.359. The quantitative estimate of drug-likeness (QED) is 0.798. The van der Waals surface area contributed by atoms with Crippen molar-refractivity contribution in [2.75, 3.05) is 6.54 Å². The second-order valence-corrected chi connectivity index (χ2v) is 5.37. The van der Waals surface area contributed by atoms with E-state index in [2.05, 4.69) is 5.32 Å². The summed E-state index contributed by atoms with van der Waals surface area (Å²) in [6.45, 7) is 6.23. The molecule has 0 radical (unpaired) electrons. The zero-order valence-electron chi connectivity index (χ0n) is 8.76. The molecule has 3 N–H and O–H groups in total. The molecule has 0 aromatic carbocycles. The maximum Gasteiger partial charge on any atom is 0.261 e. The van der Waals surface area contributed by atoms with Gasteiger partial charge in [0.2, 0.25) is 0 Å². The van der Waals surface area contributed by atoms with Crippen LogP contribution in [-0.2, 0) is 0 Å². The third-order valence-corrected chi connectivity index (χ3v) is 2.67. The topological polar surface area (TPSA) is 55.1 Å². The molecule has 0 saturated carbocycles. The summed E-state index contributed by atoms with van der Waals surface area (Å²) in [5.41, 5.74) is 5.40. The number of carbonyl (C=O) groups excluding carboxylic acids is 1. The molecule has 0 bridgehead atoms. The van der Waals surface area contributed by atoms with Crippen molar-refractivity contribution in [3.05, 3.63) is 21.9 Å². The average molecular weight is 212 g/mol. The Balaban J connectivity index is 2.52. The van der Waals surface area contributed by atoms with E-state index >= 15 is 0 Å². The number of nitrogens with two attached hydrogens (primary N) is 1. The summed E-state index contributed by atoms with van der Waals surface area (Å²) < 4.78 is 0. The van der Waals surface area contributed by atoms with Gasteiger partial charge in [-0.25, -0.2) is 0 Å². The Morgan fingerprint density at radius 2 is 2.21 bits per heavy atom. The fourth-order valence-corrected chi connectivity index (χ4v) is 1.74. The molecule has 3 nitrogen and oxygen atoms in total. The molecule has 78 valence electrons. The van der Waals surface area contributed by atoms with Crippen LogP contribution in [0.5, 0.6) is 0 Å². The highest BCUT2D eigenvalue weighted by Crippen LogP contribution is 2.14. The first-order valence-electron chi connectivity index (χ1n) is 4.52. The molecular formula is C10H16N2OS. The highest BCUT2D eigenvalue weighted by molar-refractivity contribution is 7.13. The van der Waals surface area contributed by atoms with Crippen molar-refractivity contribution in [3.63, 3.8) is 0 Å². The molecule has 0 aliphatic heterocycles. The van der Waals surface area contributed by atoms with E-state index in [1.165, 1.54) is 11.3 Å². The standard InChI is InChI=1S/C10H16N2OS/c1-7-4-5-8(14-7)9(13)12-6-10(2,3)11/h4-5H,6,11H2,1-3H3,(H,12,13). The van der Waals surface area contributed by atoms with E-state index < -0.39 is 0 Å². The van der Waals surface area contributed by atoms with E-state index in [-0.39, 0.29) is 11.4 Å². The summed E-state index contributed by atoms with van der Waals surface area (Å²) in [5.74, 6) is -0.0402. The third-order valence-electron chi connectivity index (χ3n) is 1.67. The number of hydrogen-bond acceptors (Lipinski definition) is 3. The molecule has 1 aromatic rings. The van der Waals surface area contributed by atoms with Gasteiger partial charge < -0.3 is 11.1 Å². The fourth-order valence-electron chi connectivity index (χ4n) is 0.952. The van der Waals surface area contributed by atoms with Crippen molar-refractivity contribution in [2.24, 2.45) is 5.73 Å². The first-order valence-corrected chi connectivity index (χ1v) is 5.34. The van der Waals surface area contributed by atoms with Gasteiger partial charge in [-0.3, -0.25) is 4.79 Å². The maximum absolute atomic E-state index is 11.5. The Kier molecular flexibility index (Phi) is 3.29. The number of thiophene rings is 1. The molecule has 0 saturated heterocycles. The van der Waals surface area contributed by atoms with Gasteiger partial charge in [-0.1, -0.05) is 0 Å². The van der Waals surface area contributed by atoms with Crippen molar-refractivity contribution in [1.82, 2.24) is 5.32 Å². The Morgan fingerprint density at radius 3 is 2.64 bits per heavy atom. The molecule has 4 heteroatoms. The monoisotopic (exact) mass is 212 g/mol. The van der Waals surface area contributed by atoms with E-state index in [0.29, 0.717) is 6.54 Å². The lowest BCUT2D eigenvalue weighted by Crippen LogP contribution is -2.44. The largest absolute Gasteiger partial charge is 0.350 e. The SMILES string of the molecule is Cc1ccc(C(=O)NCC(C)(C)N)s1. The Labute approximate surface area is 88.3 Å². The van der Waals surface area contributed by atoms with E-state index in [1.807, 2.05) is 32.9 Å². The minimum absolute atomic E-state index is 0.0402. The molecule has 0 aliphatic carbocycles. The van der Waals surface area contributed by atoms with E-state index in [1.54, 1.807) is 0 Å². The van der Waals surface area contributed by atoms with E-state index in [4.69, 9.17) is 5.73 Å². The van der Waals surface area contributed by atoms with Gasteiger partial charge in [-0.05, 0) is 32.9 Å². The molecule has 0 aliphatic rings. The highest BCUT2D eigenvalue weighted by atomic mass is 32.1. The van der Waals surface area contributed by atoms with Crippen LogP contribution in [-0.4, -0.2) is 18.0 Å². The molecule has 1 aromatic heterocycles. The normalized spacial score (nSPS) is 11.4. The second kappa shape index (κ2) is 4.11. The van der Waals surface area contributed by atoms with Crippen LogP contribution in [0, 0.1) is 6.92 Å². The summed E-state index contributed by atoms with van der Waals surface area (Å²) in [7, 11) is 0. The molecule has 0 fully saturated rings. The minimum Gasteiger partial charge on any atom is -0.350 e. The Hall–Kier alpha value is -0.870. The van der Waals surface area contributed by atoms with Crippen LogP contribution in [0.25, 0.3) is 0 Å². The zero-order chi connectivity index (χ0) is 10.8. The van der Waals surface area contributed by atoms with Crippen LogP contribution in [0.1, 0.15) is 28.4 Å². The molecule has 14 heavy (non-hydrogen) atoms. The second-order valence-electron chi connectivity index (χ2n) is 4.08. The lowest BCUT2D eigenvalue weighted by atomic mass is 10.1. The van der Waals surface area contributed by atoms with Gasteiger partial charge in [0, 0.05) is 17.0 Å². The highest BCUT2D eigenvalue weighted by Gasteiger charge is 2.13. The van der Waals surface area contributed by atoms with Gasteiger partial charge in [-0.15, -0.1) is 11.3 Å². The molecule has 0 atom stereocenters. The summed E-state index contributed by atoms with van der Waals surface area (Å²) >= 11 is 1.49. The summed E-state index contributed by atoms with van der Waals surface area (Å²) in [6, 6.07) is 3.77. The number of hydrogen-bond donors (Lipinski definition) is 2. The van der Waals surface area contributed by atoms with Crippen molar-refractivity contribution in [3.8, 4) is 0 Å². The van der Waals surface area contributed by atoms with Crippen LogP contribution >= 0.6 is 11.3 Å².